The number of likely N-dealkylation sites (tertiary alicyclic amines) is 1. The minimum atomic E-state index is -0.856. The molecule has 1 aromatic rings. The lowest BCUT2D eigenvalue weighted by Gasteiger charge is -2.33. The van der Waals surface area contributed by atoms with Gasteiger partial charge >= 0.3 is 12.1 Å². The molecule has 7 heteroatoms. The van der Waals surface area contributed by atoms with Gasteiger partial charge in [-0.2, -0.15) is 0 Å². The van der Waals surface area contributed by atoms with Crippen LogP contribution in [0.2, 0.25) is 0 Å². The first-order chi connectivity index (χ1) is 14.6. The number of fused-ring (bicyclic) bond motifs is 1. The Kier molecular flexibility index (Phi) is 7.23. The minimum Gasteiger partial charge on any atom is -0.452 e. The van der Waals surface area contributed by atoms with Crippen molar-refractivity contribution in [3.63, 3.8) is 0 Å². The largest absolute Gasteiger partial charge is 0.452 e. The molecule has 170 valence electrons. The molecule has 1 N–H and O–H groups in total. The lowest BCUT2D eigenvalue weighted by molar-refractivity contribution is -0.160. The highest BCUT2D eigenvalue weighted by Crippen LogP contribution is 2.29. The molecule has 1 aliphatic carbocycles. The number of esters is 1. The van der Waals surface area contributed by atoms with E-state index in [1.54, 1.807) is 11.8 Å². The Labute approximate surface area is 184 Å². The molecule has 3 rings (SSSR count). The quantitative estimate of drug-likeness (QED) is 0.735. The molecule has 1 fully saturated rings. The summed E-state index contributed by atoms with van der Waals surface area (Å²) in [5.74, 6) is -0.971. The number of aryl methyl sites for hydroxylation is 1. The number of ether oxygens (including phenoxy) is 2. The van der Waals surface area contributed by atoms with E-state index in [-0.39, 0.29) is 29.9 Å². The number of amides is 2. The molecule has 0 bridgehead atoms. The molecule has 0 unspecified atom stereocenters. The first-order valence-electron chi connectivity index (χ1n) is 11.2. The van der Waals surface area contributed by atoms with Gasteiger partial charge in [0.2, 0.25) is 0 Å². The molecule has 2 atom stereocenters. The van der Waals surface area contributed by atoms with Crippen LogP contribution in [-0.2, 0) is 25.5 Å². The second-order valence-corrected chi connectivity index (χ2v) is 9.47. The van der Waals surface area contributed by atoms with Gasteiger partial charge in [-0.1, -0.05) is 24.3 Å². The van der Waals surface area contributed by atoms with Crippen LogP contribution in [0.3, 0.4) is 0 Å². The van der Waals surface area contributed by atoms with Gasteiger partial charge in [0.1, 0.15) is 5.60 Å². The Morgan fingerprint density at radius 1 is 1.10 bits per heavy atom. The molecule has 1 aliphatic heterocycles. The first-order valence-corrected chi connectivity index (χ1v) is 11.2. The van der Waals surface area contributed by atoms with Gasteiger partial charge in [0.05, 0.1) is 12.0 Å². The summed E-state index contributed by atoms with van der Waals surface area (Å²) in [6.45, 7) is 7.97. The summed E-state index contributed by atoms with van der Waals surface area (Å²) < 4.78 is 10.9. The summed E-state index contributed by atoms with van der Waals surface area (Å²) in [4.78, 5) is 39.0. The van der Waals surface area contributed by atoms with E-state index in [0.717, 1.165) is 24.8 Å². The zero-order valence-corrected chi connectivity index (χ0v) is 19.0. The van der Waals surface area contributed by atoms with Crippen molar-refractivity contribution in [3.05, 3.63) is 35.4 Å². The Bertz CT molecular complexity index is 808. The van der Waals surface area contributed by atoms with Gasteiger partial charge in [-0.25, -0.2) is 4.79 Å². The first kappa shape index (κ1) is 23.1. The number of carbonyl (C=O) groups is 3. The van der Waals surface area contributed by atoms with Crippen LogP contribution in [0.1, 0.15) is 70.5 Å². The summed E-state index contributed by atoms with van der Waals surface area (Å²) in [7, 11) is 0. The van der Waals surface area contributed by atoms with Crippen LogP contribution < -0.4 is 5.32 Å². The van der Waals surface area contributed by atoms with Crippen LogP contribution in [-0.4, -0.2) is 47.7 Å². The Morgan fingerprint density at radius 3 is 2.45 bits per heavy atom. The Hall–Kier alpha value is -2.57. The van der Waals surface area contributed by atoms with E-state index in [9.17, 15) is 14.4 Å². The fourth-order valence-corrected chi connectivity index (χ4v) is 4.14. The molecular formula is C24H34N2O5. The molecule has 31 heavy (non-hydrogen) atoms. The number of benzene rings is 1. The topological polar surface area (TPSA) is 84.9 Å². The highest BCUT2D eigenvalue weighted by Gasteiger charge is 2.32. The zero-order chi connectivity index (χ0) is 22.6. The van der Waals surface area contributed by atoms with Crippen molar-refractivity contribution in [2.24, 2.45) is 5.92 Å². The predicted molar refractivity (Wildman–Crippen MR) is 116 cm³/mol. The van der Waals surface area contributed by atoms with Crippen LogP contribution in [0.4, 0.5) is 4.79 Å². The van der Waals surface area contributed by atoms with Crippen LogP contribution in [0.15, 0.2) is 24.3 Å². The predicted octanol–water partition coefficient (Wildman–Crippen LogP) is 3.76. The van der Waals surface area contributed by atoms with E-state index in [0.29, 0.717) is 25.9 Å². The lowest BCUT2D eigenvalue weighted by atomic mass is 9.87. The molecule has 1 aromatic carbocycles. The summed E-state index contributed by atoms with van der Waals surface area (Å²) in [6.07, 6.45) is 2.71. The summed E-state index contributed by atoms with van der Waals surface area (Å²) in [5.41, 5.74) is 1.87. The molecule has 0 aromatic heterocycles. The second kappa shape index (κ2) is 9.71. The molecule has 0 spiro atoms. The number of carbonyl (C=O) groups excluding carboxylic acids is 3. The molecule has 2 aliphatic rings. The number of hydrogen-bond donors (Lipinski definition) is 1. The number of piperidine rings is 1. The van der Waals surface area contributed by atoms with Gasteiger partial charge in [0.15, 0.2) is 6.10 Å². The number of nitrogens with zero attached hydrogens (tertiary/aromatic N) is 1. The maximum Gasteiger partial charge on any atom is 0.410 e. The van der Waals surface area contributed by atoms with Crippen molar-refractivity contribution in [3.8, 4) is 0 Å². The standard InChI is InChI=1S/C24H34N2O5/c1-16(21(27)25-20-11-7-9-17-8-5-6-10-19(17)20)30-22(28)18-12-14-26(15-13-18)23(29)31-24(2,3)4/h5-6,8,10,16,18,20H,7,9,11-15H2,1-4H3,(H,25,27)/t16-,20+/m1/s1. The smallest absolute Gasteiger partial charge is 0.410 e. The summed E-state index contributed by atoms with van der Waals surface area (Å²) >= 11 is 0. The van der Waals surface area contributed by atoms with Crippen LogP contribution >= 0.6 is 0 Å². The van der Waals surface area contributed by atoms with E-state index in [1.807, 2.05) is 32.9 Å². The highest BCUT2D eigenvalue weighted by atomic mass is 16.6. The summed E-state index contributed by atoms with van der Waals surface area (Å²) in [6, 6.07) is 8.10. The molecule has 0 saturated carbocycles. The number of hydrogen-bond acceptors (Lipinski definition) is 5. The minimum absolute atomic E-state index is 0.0457. The third-order valence-corrected chi connectivity index (χ3v) is 5.83. The molecule has 1 saturated heterocycles. The van der Waals surface area contributed by atoms with Gasteiger partial charge < -0.3 is 19.7 Å². The average Bonchev–Trinajstić information content (AvgIpc) is 2.72. The van der Waals surface area contributed by atoms with Gasteiger partial charge in [-0.15, -0.1) is 0 Å². The molecular weight excluding hydrogens is 396 g/mol. The van der Waals surface area contributed by atoms with Gasteiger partial charge in [0.25, 0.3) is 5.91 Å². The molecule has 0 radical (unpaired) electrons. The van der Waals surface area contributed by atoms with Crippen LogP contribution in [0.25, 0.3) is 0 Å². The lowest BCUT2D eigenvalue weighted by Crippen LogP contribution is -2.44. The van der Waals surface area contributed by atoms with Gasteiger partial charge in [-0.05, 0) is 70.9 Å². The van der Waals surface area contributed by atoms with E-state index in [1.165, 1.54) is 5.56 Å². The van der Waals surface area contributed by atoms with Crippen molar-refractivity contribution in [2.75, 3.05) is 13.1 Å². The van der Waals surface area contributed by atoms with E-state index in [4.69, 9.17) is 9.47 Å². The Morgan fingerprint density at radius 2 is 1.77 bits per heavy atom. The molecule has 7 nitrogen and oxygen atoms in total. The van der Waals surface area contributed by atoms with Gasteiger partial charge in [0, 0.05) is 13.1 Å². The monoisotopic (exact) mass is 430 g/mol. The highest BCUT2D eigenvalue weighted by molar-refractivity contribution is 5.84. The fraction of sp³-hybridized carbons (Fsp3) is 0.625. The normalized spacial score (nSPS) is 20.4. The molecule has 1 heterocycles. The van der Waals surface area contributed by atoms with Crippen molar-refractivity contribution >= 4 is 18.0 Å². The third kappa shape index (κ3) is 6.21. The van der Waals surface area contributed by atoms with E-state index < -0.39 is 11.7 Å². The number of rotatable bonds is 4. The van der Waals surface area contributed by atoms with Crippen molar-refractivity contribution < 1.29 is 23.9 Å². The second-order valence-electron chi connectivity index (χ2n) is 9.47. The van der Waals surface area contributed by atoms with Crippen LogP contribution in [0, 0.1) is 5.92 Å². The van der Waals surface area contributed by atoms with Gasteiger partial charge in [-0.3, -0.25) is 9.59 Å². The third-order valence-electron chi connectivity index (χ3n) is 5.83. The SMILES string of the molecule is C[C@@H](OC(=O)C1CCN(C(=O)OC(C)(C)C)CC1)C(=O)N[C@H]1CCCc2ccccc21. The summed E-state index contributed by atoms with van der Waals surface area (Å²) in [5, 5.41) is 3.04. The fourth-order valence-electron chi connectivity index (χ4n) is 4.14. The van der Waals surface area contributed by atoms with E-state index in [2.05, 4.69) is 17.4 Å². The van der Waals surface area contributed by atoms with Crippen molar-refractivity contribution in [2.45, 2.75) is 77.5 Å². The maximum absolute atomic E-state index is 12.7. The molecule has 2 amide bonds. The Balaban J connectivity index is 1.47. The average molecular weight is 431 g/mol. The van der Waals surface area contributed by atoms with E-state index >= 15 is 0 Å². The maximum atomic E-state index is 12.7. The van der Waals surface area contributed by atoms with Crippen molar-refractivity contribution in [1.29, 1.82) is 0 Å². The zero-order valence-electron chi connectivity index (χ0n) is 19.0. The van der Waals surface area contributed by atoms with Crippen molar-refractivity contribution in [1.82, 2.24) is 10.2 Å². The number of nitrogens with one attached hydrogen (secondary N) is 1. The van der Waals surface area contributed by atoms with Crippen LogP contribution in [0.5, 0.6) is 0 Å².